The molecule has 0 amide bonds. The molecule has 0 bridgehead atoms. The topological polar surface area (TPSA) is 189 Å². The normalized spacial score (nSPS) is 15.7. The number of aliphatic hydroxyl groups is 4. The van der Waals surface area contributed by atoms with Crippen LogP contribution in [0.2, 0.25) is 0 Å². The third kappa shape index (κ3) is 35.5. The zero-order valence-electron chi connectivity index (χ0n) is 33.3. The lowest BCUT2D eigenvalue weighted by atomic mass is 10.0. The first-order valence-corrected chi connectivity index (χ1v) is 21.7. The number of carbonyl (C=O) groups is 2. The van der Waals surface area contributed by atoms with Crippen LogP contribution in [-0.2, 0) is 32.7 Å². The van der Waals surface area contributed by atoms with Crippen LogP contribution in [0.3, 0.4) is 0 Å². The zero-order valence-corrected chi connectivity index (χ0v) is 34.2. The van der Waals surface area contributed by atoms with E-state index in [-0.39, 0.29) is 19.3 Å². The highest BCUT2D eigenvalue weighted by molar-refractivity contribution is 7.47. The third-order valence-corrected chi connectivity index (χ3v) is 9.32. The lowest BCUT2D eigenvalue weighted by Crippen LogP contribution is -2.30. The fraction of sp³-hybridized carbons (Fsp3) is 0.756. The lowest BCUT2D eigenvalue weighted by molar-refractivity contribution is -0.161. The smallest absolute Gasteiger partial charge is 0.462 e. The number of ether oxygens (including phenoxy) is 2. The second-order valence-electron chi connectivity index (χ2n) is 14.2. The summed E-state index contributed by atoms with van der Waals surface area (Å²) in [5.74, 6) is -0.396. The van der Waals surface area contributed by atoms with Crippen molar-refractivity contribution < 1.29 is 58.0 Å². The number of aliphatic hydroxyl groups excluding tert-OH is 4. The van der Waals surface area contributed by atoms with Gasteiger partial charge in [0, 0.05) is 12.8 Å². The molecule has 0 saturated heterocycles. The van der Waals surface area contributed by atoms with E-state index in [9.17, 15) is 34.4 Å². The van der Waals surface area contributed by atoms with Gasteiger partial charge in [0.1, 0.15) is 12.7 Å². The highest BCUT2D eigenvalue weighted by Crippen LogP contribution is 2.43. The van der Waals surface area contributed by atoms with Crippen molar-refractivity contribution in [2.45, 2.75) is 167 Å². The summed E-state index contributed by atoms with van der Waals surface area (Å²) < 4.78 is 32.4. The van der Waals surface area contributed by atoms with E-state index in [2.05, 4.69) is 25.3 Å². The maximum Gasteiger partial charge on any atom is 0.472 e. The highest BCUT2D eigenvalue weighted by atomic mass is 31.2. The number of phosphoric ester groups is 1. The standard InChI is InChI=1S/C41H73O12P/c1-4-5-18-25-36(43)26-20-15-11-9-12-16-21-27-37(44)28-23-30-41(47)53-39(34-52-54(48,49)51-32-38(45)31-42)33-50-40(46)29-22-17-13-8-6-7-10-14-19-24-35(2)3/h11-12,15-16,20-21,26-27,35-39,42-45H,4-10,13-14,17-19,22-25,28-34H2,1-3H3,(H,48,49)/b15-11-,16-12-,26-20+,27-21+/t36-,37-,38+,39-/m1/s1. The zero-order chi connectivity index (χ0) is 40.3. The van der Waals surface area contributed by atoms with Crippen molar-refractivity contribution in [3.05, 3.63) is 48.6 Å². The van der Waals surface area contributed by atoms with Crippen molar-refractivity contribution in [3.63, 3.8) is 0 Å². The monoisotopic (exact) mass is 788 g/mol. The molecule has 0 aromatic heterocycles. The maximum absolute atomic E-state index is 12.6. The van der Waals surface area contributed by atoms with Gasteiger partial charge >= 0.3 is 19.8 Å². The summed E-state index contributed by atoms with van der Waals surface area (Å²) in [5.41, 5.74) is 0. The Morgan fingerprint density at radius 1 is 0.648 bits per heavy atom. The Morgan fingerprint density at radius 3 is 1.74 bits per heavy atom. The van der Waals surface area contributed by atoms with E-state index in [4.69, 9.17) is 19.1 Å². The third-order valence-electron chi connectivity index (χ3n) is 8.37. The molecule has 314 valence electrons. The molecule has 0 aromatic carbocycles. The van der Waals surface area contributed by atoms with Crippen LogP contribution in [0.4, 0.5) is 0 Å². The predicted octanol–water partition coefficient (Wildman–Crippen LogP) is 7.96. The number of hydrogen-bond donors (Lipinski definition) is 5. The second-order valence-corrected chi connectivity index (χ2v) is 15.6. The van der Waals surface area contributed by atoms with Crippen LogP contribution in [0, 0.1) is 5.92 Å². The Hall–Kier alpha value is -2.15. The number of phosphoric acid groups is 1. The maximum atomic E-state index is 12.6. The Labute approximate surface area is 325 Å². The minimum atomic E-state index is -4.68. The van der Waals surface area contributed by atoms with Gasteiger partial charge in [-0.2, -0.15) is 0 Å². The minimum absolute atomic E-state index is 0.0648. The van der Waals surface area contributed by atoms with E-state index in [1.165, 1.54) is 38.5 Å². The molecule has 0 aliphatic heterocycles. The van der Waals surface area contributed by atoms with E-state index in [1.807, 2.05) is 30.4 Å². The molecule has 12 nitrogen and oxygen atoms in total. The van der Waals surface area contributed by atoms with Gasteiger partial charge in [-0.25, -0.2) is 4.57 Å². The Balaban J connectivity index is 4.61. The largest absolute Gasteiger partial charge is 0.472 e. The second kappa shape index (κ2) is 35.3. The summed E-state index contributed by atoms with van der Waals surface area (Å²) in [6, 6.07) is 0. The first-order chi connectivity index (χ1) is 25.9. The summed E-state index contributed by atoms with van der Waals surface area (Å²) in [5, 5.41) is 38.4. The fourth-order valence-corrected chi connectivity index (χ4v) is 5.94. The molecular formula is C41H73O12P. The first-order valence-electron chi connectivity index (χ1n) is 20.2. The highest BCUT2D eigenvalue weighted by Gasteiger charge is 2.27. The van der Waals surface area contributed by atoms with Crippen molar-refractivity contribution in [2.24, 2.45) is 5.92 Å². The van der Waals surface area contributed by atoms with Gasteiger partial charge in [-0.15, -0.1) is 0 Å². The molecule has 0 aliphatic carbocycles. The van der Waals surface area contributed by atoms with Gasteiger partial charge in [0.15, 0.2) is 6.10 Å². The van der Waals surface area contributed by atoms with Gasteiger partial charge in [0.2, 0.25) is 0 Å². The molecule has 1 unspecified atom stereocenters. The van der Waals surface area contributed by atoms with E-state index in [1.54, 1.807) is 18.2 Å². The number of carbonyl (C=O) groups excluding carboxylic acids is 2. The molecule has 5 atom stereocenters. The van der Waals surface area contributed by atoms with Crippen LogP contribution in [-0.4, -0.2) is 88.1 Å². The van der Waals surface area contributed by atoms with Gasteiger partial charge in [0.25, 0.3) is 0 Å². The van der Waals surface area contributed by atoms with E-state index < -0.39 is 70.6 Å². The molecule has 0 aromatic rings. The Bertz CT molecular complexity index is 1090. The van der Waals surface area contributed by atoms with Crippen LogP contribution in [0.15, 0.2) is 48.6 Å². The predicted molar refractivity (Wildman–Crippen MR) is 212 cm³/mol. The average molecular weight is 789 g/mol. The van der Waals surface area contributed by atoms with Crippen LogP contribution in [0.5, 0.6) is 0 Å². The number of unbranched alkanes of at least 4 members (excludes halogenated alkanes) is 10. The van der Waals surface area contributed by atoms with Crippen LogP contribution in [0.25, 0.3) is 0 Å². The number of allylic oxidation sites excluding steroid dienone is 6. The lowest BCUT2D eigenvalue weighted by Gasteiger charge is -2.20. The molecule has 13 heteroatoms. The van der Waals surface area contributed by atoms with Crippen molar-refractivity contribution >= 4 is 19.8 Å². The van der Waals surface area contributed by atoms with Crippen molar-refractivity contribution in [2.75, 3.05) is 26.4 Å². The molecular weight excluding hydrogens is 715 g/mol. The van der Waals surface area contributed by atoms with Crippen LogP contribution in [0.1, 0.15) is 143 Å². The molecule has 0 saturated carbocycles. The van der Waals surface area contributed by atoms with Gasteiger partial charge in [-0.1, -0.05) is 146 Å². The quantitative estimate of drug-likeness (QED) is 0.0179. The van der Waals surface area contributed by atoms with Gasteiger partial charge in [-0.3, -0.25) is 18.6 Å². The SMILES string of the molecule is CCCCC[C@@H](O)/C=C/C=C\C/C=C\C=C\[C@@H](O)CCCC(=O)O[C@H](COC(=O)CCCCCCCCCCCC(C)C)COP(=O)(O)OC[C@@H](O)CO. The van der Waals surface area contributed by atoms with Gasteiger partial charge < -0.3 is 34.8 Å². The molecule has 0 fully saturated rings. The summed E-state index contributed by atoms with van der Waals surface area (Å²) in [6.07, 6.45) is 27.4. The van der Waals surface area contributed by atoms with Crippen LogP contribution < -0.4 is 0 Å². The van der Waals surface area contributed by atoms with Crippen molar-refractivity contribution in [3.8, 4) is 0 Å². The van der Waals surface area contributed by atoms with E-state index >= 15 is 0 Å². The summed E-state index contributed by atoms with van der Waals surface area (Å²) in [7, 11) is -4.68. The first kappa shape index (κ1) is 51.9. The molecule has 5 N–H and O–H groups in total. The minimum Gasteiger partial charge on any atom is -0.462 e. The molecule has 0 rings (SSSR count). The Morgan fingerprint density at radius 2 is 1.17 bits per heavy atom. The number of esters is 2. The Kier molecular flexibility index (Phi) is 33.9. The molecule has 0 aliphatic rings. The average Bonchev–Trinajstić information content (AvgIpc) is 3.13. The van der Waals surface area contributed by atoms with E-state index in [0.717, 1.165) is 50.9 Å². The summed E-state index contributed by atoms with van der Waals surface area (Å²) in [6.45, 7) is 4.27. The molecule has 54 heavy (non-hydrogen) atoms. The summed E-state index contributed by atoms with van der Waals surface area (Å²) >= 11 is 0. The number of hydrogen-bond acceptors (Lipinski definition) is 11. The number of rotatable bonds is 36. The summed E-state index contributed by atoms with van der Waals surface area (Å²) in [4.78, 5) is 34.9. The molecule has 0 spiro atoms. The fourth-order valence-electron chi connectivity index (χ4n) is 5.16. The molecule has 0 heterocycles. The van der Waals surface area contributed by atoms with Crippen molar-refractivity contribution in [1.82, 2.24) is 0 Å². The van der Waals surface area contributed by atoms with Gasteiger partial charge in [0.05, 0.1) is 32.0 Å². The van der Waals surface area contributed by atoms with Crippen molar-refractivity contribution in [1.29, 1.82) is 0 Å². The van der Waals surface area contributed by atoms with Gasteiger partial charge in [-0.05, 0) is 38.0 Å². The van der Waals surface area contributed by atoms with E-state index in [0.29, 0.717) is 19.3 Å². The molecule has 0 radical (unpaired) electrons. The van der Waals surface area contributed by atoms with Crippen LogP contribution >= 0.6 is 7.82 Å².